The molecule has 3 nitrogen and oxygen atoms in total. The van der Waals surface area contributed by atoms with Gasteiger partial charge in [-0.15, -0.1) is 0 Å². The molecule has 0 bridgehead atoms. The third-order valence-electron chi connectivity index (χ3n) is 2.12. The molecule has 0 aliphatic carbocycles. The molecule has 0 saturated heterocycles. The summed E-state index contributed by atoms with van der Waals surface area (Å²) in [6.07, 6.45) is 2.20. The Kier molecular flexibility index (Phi) is 9.35. The summed E-state index contributed by atoms with van der Waals surface area (Å²) in [5.41, 5.74) is 0. The Morgan fingerprint density at radius 2 is 1.71 bits per heavy atom. The van der Waals surface area contributed by atoms with E-state index in [1.54, 1.807) is 0 Å². The van der Waals surface area contributed by atoms with Crippen LogP contribution in [0.15, 0.2) is 0 Å². The molecule has 0 spiro atoms. The van der Waals surface area contributed by atoms with E-state index in [1.165, 1.54) is 25.9 Å². The van der Waals surface area contributed by atoms with E-state index in [2.05, 4.69) is 24.1 Å². The van der Waals surface area contributed by atoms with Crippen LogP contribution in [0.3, 0.4) is 0 Å². The minimum absolute atomic E-state index is 0.235. The van der Waals surface area contributed by atoms with Crippen LogP contribution in [-0.4, -0.2) is 48.8 Å². The Labute approximate surface area is 88.5 Å². The summed E-state index contributed by atoms with van der Waals surface area (Å²) in [6.45, 7) is 11.4. The molecule has 0 aliphatic heterocycles. The first kappa shape index (κ1) is 13.9. The Morgan fingerprint density at radius 3 is 2.14 bits per heavy atom. The molecule has 0 fully saturated rings. The number of rotatable bonds is 9. The van der Waals surface area contributed by atoms with E-state index in [1.807, 2.05) is 6.92 Å². The van der Waals surface area contributed by atoms with Crippen LogP contribution >= 0.6 is 0 Å². The summed E-state index contributed by atoms with van der Waals surface area (Å²) in [7, 11) is 0. The average molecular weight is 202 g/mol. The normalized spacial score (nSPS) is 13.5. The number of hydrogen-bond acceptors (Lipinski definition) is 3. The molecular formula is C11H26N2O. The Bertz CT molecular complexity index is 112. The van der Waals surface area contributed by atoms with Gasteiger partial charge in [0.15, 0.2) is 0 Å². The van der Waals surface area contributed by atoms with Gasteiger partial charge in [-0.1, -0.05) is 13.8 Å². The predicted molar refractivity (Wildman–Crippen MR) is 61.6 cm³/mol. The van der Waals surface area contributed by atoms with Gasteiger partial charge in [0.25, 0.3) is 0 Å². The van der Waals surface area contributed by atoms with Crippen molar-refractivity contribution in [1.29, 1.82) is 0 Å². The highest BCUT2D eigenvalue weighted by molar-refractivity contribution is 4.60. The van der Waals surface area contributed by atoms with Crippen LogP contribution in [0.2, 0.25) is 0 Å². The van der Waals surface area contributed by atoms with Crippen LogP contribution in [0, 0.1) is 0 Å². The molecule has 1 atom stereocenters. The molecule has 3 heteroatoms. The first-order valence-corrected chi connectivity index (χ1v) is 5.81. The molecule has 0 rings (SSSR count). The zero-order chi connectivity index (χ0) is 10.8. The molecular weight excluding hydrogens is 176 g/mol. The van der Waals surface area contributed by atoms with Crippen LogP contribution in [0.25, 0.3) is 0 Å². The van der Waals surface area contributed by atoms with E-state index < -0.39 is 0 Å². The topological polar surface area (TPSA) is 35.5 Å². The molecule has 0 saturated carbocycles. The van der Waals surface area contributed by atoms with Crippen molar-refractivity contribution in [3.63, 3.8) is 0 Å². The lowest BCUT2D eigenvalue weighted by molar-refractivity contribution is 0.187. The highest BCUT2D eigenvalue weighted by Crippen LogP contribution is 1.92. The van der Waals surface area contributed by atoms with Crippen molar-refractivity contribution in [3.05, 3.63) is 0 Å². The molecule has 1 unspecified atom stereocenters. The summed E-state index contributed by atoms with van der Waals surface area (Å²) >= 11 is 0. The molecule has 0 amide bonds. The molecule has 86 valence electrons. The van der Waals surface area contributed by atoms with Crippen molar-refractivity contribution in [3.8, 4) is 0 Å². The minimum atomic E-state index is -0.235. The maximum absolute atomic E-state index is 9.05. The van der Waals surface area contributed by atoms with Gasteiger partial charge in [-0.2, -0.15) is 0 Å². The van der Waals surface area contributed by atoms with Crippen LogP contribution < -0.4 is 5.32 Å². The summed E-state index contributed by atoms with van der Waals surface area (Å²) < 4.78 is 0. The van der Waals surface area contributed by atoms with E-state index in [9.17, 15) is 0 Å². The fraction of sp³-hybridized carbons (Fsp3) is 1.00. The summed E-state index contributed by atoms with van der Waals surface area (Å²) in [6, 6.07) is 0. The van der Waals surface area contributed by atoms with Gasteiger partial charge in [0, 0.05) is 19.6 Å². The van der Waals surface area contributed by atoms with Gasteiger partial charge in [-0.25, -0.2) is 0 Å². The van der Waals surface area contributed by atoms with E-state index in [0.717, 1.165) is 13.1 Å². The zero-order valence-corrected chi connectivity index (χ0v) is 9.92. The van der Waals surface area contributed by atoms with Crippen LogP contribution in [-0.2, 0) is 0 Å². The Hall–Kier alpha value is -0.120. The summed E-state index contributed by atoms with van der Waals surface area (Å²) in [5.74, 6) is 0. The highest BCUT2D eigenvalue weighted by Gasteiger charge is 2.01. The second-order valence-corrected chi connectivity index (χ2v) is 3.89. The van der Waals surface area contributed by atoms with E-state index in [-0.39, 0.29) is 6.10 Å². The smallest absolute Gasteiger partial charge is 0.0636 e. The molecule has 0 aromatic rings. The van der Waals surface area contributed by atoms with Crippen molar-refractivity contribution in [2.24, 2.45) is 0 Å². The first-order valence-electron chi connectivity index (χ1n) is 5.81. The number of aliphatic hydroxyl groups is 1. The molecule has 2 N–H and O–H groups in total. The maximum atomic E-state index is 9.05. The number of nitrogens with zero attached hydrogens (tertiary/aromatic N) is 1. The fourth-order valence-electron chi connectivity index (χ4n) is 1.52. The third kappa shape index (κ3) is 8.48. The zero-order valence-electron chi connectivity index (χ0n) is 9.92. The number of hydrogen-bond donors (Lipinski definition) is 2. The van der Waals surface area contributed by atoms with Crippen molar-refractivity contribution in [2.75, 3.05) is 32.7 Å². The van der Waals surface area contributed by atoms with Crippen LogP contribution in [0.1, 0.15) is 33.6 Å². The molecule has 14 heavy (non-hydrogen) atoms. The standard InChI is InChI=1S/C11H26N2O/c1-4-7-13(8-5-2)9-6-12-10-11(3)14/h11-12,14H,4-10H2,1-3H3. The summed E-state index contributed by atoms with van der Waals surface area (Å²) in [4.78, 5) is 2.47. The molecule has 0 aromatic heterocycles. The fourth-order valence-corrected chi connectivity index (χ4v) is 1.52. The first-order chi connectivity index (χ1) is 6.70. The lowest BCUT2D eigenvalue weighted by Gasteiger charge is -2.21. The lowest BCUT2D eigenvalue weighted by Crippen LogP contribution is -2.35. The SMILES string of the molecule is CCCN(CCC)CCNCC(C)O. The second-order valence-electron chi connectivity index (χ2n) is 3.89. The average Bonchev–Trinajstić information content (AvgIpc) is 2.12. The summed E-state index contributed by atoms with van der Waals surface area (Å²) in [5, 5.41) is 12.3. The van der Waals surface area contributed by atoms with Crippen molar-refractivity contribution >= 4 is 0 Å². The van der Waals surface area contributed by atoms with Crippen molar-refractivity contribution in [2.45, 2.75) is 39.7 Å². The molecule has 0 aliphatic rings. The second kappa shape index (κ2) is 9.44. The highest BCUT2D eigenvalue weighted by atomic mass is 16.3. The van der Waals surface area contributed by atoms with Gasteiger partial charge in [-0.3, -0.25) is 0 Å². The van der Waals surface area contributed by atoms with Gasteiger partial charge in [-0.05, 0) is 32.9 Å². The van der Waals surface area contributed by atoms with Gasteiger partial charge >= 0.3 is 0 Å². The quantitative estimate of drug-likeness (QED) is 0.549. The van der Waals surface area contributed by atoms with Gasteiger partial charge < -0.3 is 15.3 Å². The van der Waals surface area contributed by atoms with Crippen LogP contribution in [0.5, 0.6) is 0 Å². The Balaban J connectivity index is 3.40. The van der Waals surface area contributed by atoms with Gasteiger partial charge in [0.2, 0.25) is 0 Å². The van der Waals surface area contributed by atoms with Crippen molar-refractivity contribution in [1.82, 2.24) is 10.2 Å². The predicted octanol–water partition coefficient (Wildman–Crippen LogP) is 1.08. The monoisotopic (exact) mass is 202 g/mol. The largest absolute Gasteiger partial charge is 0.392 e. The molecule has 0 aromatic carbocycles. The molecule has 0 heterocycles. The van der Waals surface area contributed by atoms with Crippen LogP contribution in [0.4, 0.5) is 0 Å². The minimum Gasteiger partial charge on any atom is -0.392 e. The van der Waals surface area contributed by atoms with E-state index >= 15 is 0 Å². The maximum Gasteiger partial charge on any atom is 0.0636 e. The van der Waals surface area contributed by atoms with Gasteiger partial charge in [0.05, 0.1) is 6.10 Å². The number of nitrogens with one attached hydrogen (secondary N) is 1. The molecule has 0 radical (unpaired) electrons. The van der Waals surface area contributed by atoms with E-state index in [0.29, 0.717) is 6.54 Å². The Morgan fingerprint density at radius 1 is 1.14 bits per heavy atom. The lowest BCUT2D eigenvalue weighted by atomic mass is 10.3. The third-order valence-corrected chi connectivity index (χ3v) is 2.12. The van der Waals surface area contributed by atoms with E-state index in [4.69, 9.17) is 5.11 Å². The number of aliphatic hydroxyl groups excluding tert-OH is 1. The van der Waals surface area contributed by atoms with Crippen molar-refractivity contribution < 1.29 is 5.11 Å². The van der Waals surface area contributed by atoms with Gasteiger partial charge in [0.1, 0.15) is 0 Å².